The van der Waals surface area contributed by atoms with E-state index in [2.05, 4.69) is 15.2 Å². The van der Waals surface area contributed by atoms with Crippen LogP contribution in [0.1, 0.15) is 17.4 Å². The van der Waals surface area contributed by atoms with Crippen LogP contribution < -0.4 is 15.5 Å². The molecule has 40 heavy (non-hydrogen) atoms. The van der Waals surface area contributed by atoms with Gasteiger partial charge in [0, 0.05) is 61.7 Å². The number of hydrogen-bond acceptors (Lipinski definition) is 8. The largest absolute Gasteiger partial charge is 0.486 e. The third-order valence-corrected chi connectivity index (χ3v) is 8.18. The number of thioether (sulfide) groups is 1. The topological polar surface area (TPSA) is 87.9 Å². The molecular formula is C31H30N4O4S. The standard InChI is InChI=1S/C31H30N4O4S/c36-27-24-11-4-5-12-26(24)39-28(22-8-2-1-3-9-22)29(27)38-19-7-14-34-15-17-35(18-16-34)31(37)25-21-40-30(33-25)23-10-6-13-32-20-23/h1-6,8-13,20-21,30,33H,7,14-19H2. The second-order valence-corrected chi connectivity index (χ2v) is 10.7. The normalized spacial score (nSPS) is 17.4. The van der Waals surface area contributed by atoms with Crippen LogP contribution in [-0.4, -0.2) is 60.0 Å². The second-order valence-electron chi connectivity index (χ2n) is 9.77. The van der Waals surface area contributed by atoms with Gasteiger partial charge in [-0.25, -0.2) is 0 Å². The van der Waals surface area contributed by atoms with Gasteiger partial charge >= 0.3 is 0 Å². The van der Waals surface area contributed by atoms with Crippen molar-refractivity contribution in [3.05, 3.63) is 106 Å². The molecule has 204 valence electrons. The van der Waals surface area contributed by atoms with Crippen molar-refractivity contribution in [3.63, 3.8) is 0 Å². The first kappa shape index (κ1) is 26.2. The van der Waals surface area contributed by atoms with Crippen molar-refractivity contribution in [2.45, 2.75) is 11.8 Å². The number of carbonyl (C=O) groups is 1. The number of aromatic nitrogens is 1. The van der Waals surface area contributed by atoms with E-state index >= 15 is 0 Å². The molecular weight excluding hydrogens is 524 g/mol. The Bertz CT molecular complexity index is 1570. The Hall–Kier alpha value is -4.08. The molecule has 4 heterocycles. The molecule has 1 unspecified atom stereocenters. The van der Waals surface area contributed by atoms with Gasteiger partial charge in [0.2, 0.25) is 11.2 Å². The minimum Gasteiger partial charge on any atom is -0.486 e. The predicted octanol–water partition coefficient (Wildman–Crippen LogP) is 4.64. The van der Waals surface area contributed by atoms with E-state index < -0.39 is 0 Å². The number of rotatable bonds is 8. The molecule has 6 rings (SSSR count). The third kappa shape index (κ3) is 5.61. The van der Waals surface area contributed by atoms with Gasteiger partial charge in [-0.3, -0.25) is 19.5 Å². The molecule has 2 aliphatic heterocycles. The molecule has 0 saturated carbocycles. The molecule has 2 aromatic carbocycles. The zero-order valence-electron chi connectivity index (χ0n) is 22.0. The van der Waals surface area contributed by atoms with Crippen LogP contribution in [0.3, 0.4) is 0 Å². The SMILES string of the molecule is O=C(C1=CSC(c2cccnc2)N1)N1CCN(CCCOc2c(-c3ccccc3)oc3ccccc3c2=O)CC1. The van der Waals surface area contributed by atoms with Crippen molar-refractivity contribution in [2.24, 2.45) is 0 Å². The molecule has 1 N–H and O–H groups in total. The Kier molecular flexibility index (Phi) is 7.83. The number of benzene rings is 2. The maximum absolute atomic E-state index is 13.3. The summed E-state index contributed by atoms with van der Waals surface area (Å²) in [5.74, 6) is 0.744. The summed E-state index contributed by atoms with van der Waals surface area (Å²) >= 11 is 1.60. The van der Waals surface area contributed by atoms with Crippen molar-refractivity contribution in [3.8, 4) is 17.1 Å². The Labute approximate surface area is 236 Å². The van der Waals surface area contributed by atoms with Gasteiger partial charge in [-0.05, 0) is 24.6 Å². The van der Waals surface area contributed by atoms with E-state index in [9.17, 15) is 9.59 Å². The van der Waals surface area contributed by atoms with Crippen LogP contribution in [0, 0.1) is 0 Å². The summed E-state index contributed by atoms with van der Waals surface area (Å²) in [6, 6.07) is 20.7. The van der Waals surface area contributed by atoms with Crippen LogP contribution >= 0.6 is 11.8 Å². The van der Waals surface area contributed by atoms with Gasteiger partial charge in [0.25, 0.3) is 5.91 Å². The smallest absolute Gasteiger partial charge is 0.270 e. The van der Waals surface area contributed by atoms with Crippen LogP contribution in [0.4, 0.5) is 0 Å². The highest BCUT2D eigenvalue weighted by Crippen LogP contribution is 2.34. The zero-order chi connectivity index (χ0) is 27.3. The van der Waals surface area contributed by atoms with Crippen molar-refractivity contribution in [2.75, 3.05) is 39.3 Å². The Balaban J connectivity index is 1.01. The second kappa shape index (κ2) is 12.0. The number of ether oxygens (including phenoxy) is 1. The lowest BCUT2D eigenvalue weighted by molar-refractivity contribution is -0.129. The average molecular weight is 555 g/mol. The Morgan fingerprint density at radius 3 is 2.62 bits per heavy atom. The van der Waals surface area contributed by atoms with Gasteiger partial charge in [-0.2, -0.15) is 0 Å². The predicted molar refractivity (Wildman–Crippen MR) is 157 cm³/mol. The van der Waals surface area contributed by atoms with E-state index in [0.717, 1.165) is 37.2 Å². The molecule has 0 bridgehead atoms. The molecule has 2 aromatic heterocycles. The van der Waals surface area contributed by atoms with Crippen molar-refractivity contribution >= 4 is 28.6 Å². The zero-order valence-corrected chi connectivity index (χ0v) is 22.8. The molecule has 0 spiro atoms. The summed E-state index contributed by atoms with van der Waals surface area (Å²) in [5, 5.41) is 5.77. The number of para-hydroxylation sites is 1. The van der Waals surface area contributed by atoms with Gasteiger partial charge in [0.05, 0.1) is 12.0 Å². The van der Waals surface area contributed by atoms with Gasteiger partial charge in [-0.15, -0.1) is 11.8 Å². The number of piperazine rings is 1. The molecule has 9 heteroatoms. The lowest BCUT2D eigenvalue weighted by atomic mass is 10.1. The monoisotopic (exact) mass is 554 g/mol. The molecule has 2 aliphatic rings. The van der Waals surface area contributed by atoms with Crippen molar-refractivity contribution in [1.29, 1.82) is 0 Å². The van der Waals surface area contributed by atoms with Gasteiger partial charge in [0.1, 0.15) is 16.7 Å². The molecule has 1 atom stereocenters. The molecule has 8 nitrogen and oxygen atoms in total. The summed E-state index contributed by atoms with van der Waals surface area (Å²) < 4.78 is 12.2. The summed E-state index contributed by atoms with van der Waals surface area (Å²) in [4.78, 5) is 34.8. The fraction of sp³-hybridized carbons (Fsp3) is 0.258. The molecule has 1 saturated heterocycles. The first-order chi connectivity index (χ1) is 19.7. The summed E-state index contributed by atoms with van der Waals surface area (Å²) in [6.07, 6.45) is 4.32. The maximum atomic E-state index is 13.3. The molecule has 0 aliphatic carbocycles. The van der Waals surface area contributed by atoms with Crippen LogP contribution in [0.15, 0.2) is 99.4 Å². The van der Waals surface area contributed by atoms with Crippen LogP contribution in [0.25, 0.3) is 22.3 Å². The summed E-state index contributed by atoms with van der Waals surface area (Å²) in [6.45, 7) is 4.16. The highest BCUT2D eigenvalue weighted by molar-refractivity contribution is 8.02. The lowest BCUT2D eigenvalue weighted by Crippen LogP contribution is -2.50. The lowest BCUT2D eigenvalue weighted by Gasteiger charge is -2.35. The van der Waals surface area contributed by atoms with Crippen LogP contribution in [0.5, 0.6) is 5.75 Å². The first-order valence-corrected chi connectivity index (χ1v) is 14.4. The number of hydrogen-bond donors (Lipinski definition) is 1. The number of nitrogens with one attached hydrogen (secondary N) is 1. The minimum atomic E-state index is -0.161. The first-order valence-electron chi connectivity index (χ1n) is 13.4. The number of pyridine rings is 1. The van der Waals surface area contributed by atoms with Gasteiger partial charge < -0.3 is 19.4 Å². The Morgan fingerprint density at radius 2 is 1.82 bits per heavy atom. The number of carbonyl (C=O) groups excluding carboxylic acids is 1. The quantitative estimate of drug-likeness (QED) is 0.315. The van der Waals surface area contributed by atoms with Crippen molar-refractivity contribution in [1.82, 2.24) is 20.1 Å². The highest BCUT2D eigenvalue weighted by atomic mass is 32.2. The van der Waals surface area contributed by atoms with E-state index in [4.69, 9.17) is 9.15 Å². The van der Waals surface area contributed by atoms with Gasteiger partial charge in [0.15, 0.2) is 5.76 Å². The van der Waals surface area contributed by atoms with Crippen molar-refractivity contribution < 1.29 is 13.9 Å². The molecule has 4 aromatic rings. The number of fused-ring (bicyclic) bond motifs is 1. The Morgan fingerprint density at radius 1 is 1.02 bits per heavy atom. The highest BCUT2D eigenvalue weighted by Gasteiger charge is 2.28. The van der Waals surface area contributed by atoms with E-state index in [-0.39, 0.29) is 22.5 Å². The van der Waals surface area contributed by atoms with Crippen LogP contribution in [-0.2, 0) is 4.79 Å². The summed E-state index contributed by atoms with van der Waals surface area (Å²) in [5.41, 5.74) is 2.88. The number of nitrogens with zero attached hydrogens (tertiary/aromatic N) is 3. The summed E-state index contributed by atoms with van der Waals surface area (Å²) in [7, 11) is 0. The minimum absolute atomic E-state index is 0.0152. The van der Waals surface area contributed by atoms with E-state index in [1.54, 1.807) is 30.1 Å². The van der Waals surface area contributed by atoms with E-state index in [1.807, 2.05) is 71.1 Å². The molecule has 1 fully saturated rings. The third-order valence-electron chi connectivity index (χ3n) is 7.14. The van der Waals surface area contributed by atoms with E-state index in [0.29, 0.717) is 42.1 Å². The fourth-order valence-electron chi connectivity index (χ4n) is 4.99. The number of amides is 1. The van der Waals surface area contributed by atoms with E-state index in [1.165, 1.54) is 0 Å². The average Bonchev–Trinajstić information content (AvgIpc) is 3.51. The van der Waals surface area contributed by atoms with Gasteiger partial charge in [-0.1, -0.05) is 48.5 Å². The maximum Gasteiger partial charge on any atom is 0.270 e. The molecule has 0 radical (unpaired) electrons. The molecule has 1 amide bonds. The van der Waals surface area contributed by atoms with Crippen LogP contribution in [0.2, 0.25) is 0 Å². The fourth-order valence-corrected chi connectivity index (χ4v) is 5.93.